The van der Waals surface area contributed by atoms with Crippen molar-refractivity contribution < 1.29 is 15.3 Å². The Hall–Kier alpha value is -2.96. The Bertz CT molecular complexity index is 1070. The zero-order valence-corrected chi connectivity index (χ0v) is 17.6. The molecule has 1 aromatic heterocycles. The number of phenolic OH excluding ortho intramolecular Hbond substituents is 2. The number of hydrogen-bond acceptors (Lipinski definition) is 5. The first-order valence-electron chi connectivity index (χ1n) is 9.61. The van der Waals surface area contributed by atoms with Gasteiger partial charge in [0.05, 0.1) is 0 Å². The topological polar surface area (TPSA) is 80.9 Å². The van der Waals surface area contributed by atoms with Crippen molar-refractivity contribution in [3.63, 3.8) is 0 Å². The van der Waals surface area contributed by atoms with Crippen molar-refractivity contribution in [3.8, 4) is 11.5 Å². The smallest absolute Gasteiger partial charge is 0.188 e. The summed E-state index contributed by atoms with van der Waals surface area (Å²) in [7, 11) is 3.64. The molecule has 0 saturated carbocycles. The number of aryl methyl sites for hydroxylation is 2. The Kier molecular flexibility index (Phi) is 5.59. The minimum Gasteiger partial charge on any atom is -0.508 e. The van der Waals surface area contributed by atoms with Gasteiger partial charge in [-0.2, -0.15) is 0 Å². The maximum Gasteiger partial charge on any atom is 0.188 e. The number of rotatable bonds is 6. The molecule has 0 fully saturated rings. The summed E-state index contributed by atoms with van der Waals surface area (Å²) in [6.07, 6.45) is 1.00. The lowest BCUT2D eigenvalue weighted by Gasteiger charge is -2.32. The van der Waals surface area contributed by atoms with Crippen molar-refractivity contribution in [1.82, 2.24) is 9.88 Å². The monoisotopic (exact) mass is 395 g/mol. The summed E-state index contributed by atoms with van der Waals surface area (Å²) < 4.78 is 2.06. The Balaban J connectivity index is 2.14. The average Bonchev–Trinajstić information content (AvgIpc) is 2.95. The minimum atomic E-state index is -1.06. The molecule has 3 rings (SSSR count). The van der Waals surface area contributed by atoms with E-state index < -0.39 is 6.35 Å². The van der Waals surface area contributed by atoms with Crippen LogP contribution in [0.2, 0.25) is 0 Å². The van der Waals surface area contributed by atoms with E-state index in [1.165, 1.54) is 6.07 Å². The van der Waals surface area contributed by atoms with Crippen LogP contribution in [0.5, 0.6) is 11.5 Å². The van der Waals surface area contributed by atoms with Crippen LogP contribution in [0.4, 0.5) is 5.69 Å². The van der Waals surface area contributed by atoms with Crippen molar-refractivity contribution in [2.75, 3.05) is 11.9 Å². The number of aliphatic hydroxyl groups excluding tert-OH is 1. The SMILES string of the molecule is C=C(c1cc(C(C)C)c(O)cc1O)N(c1ccc2c(c1)c(C)cn2C)C(O)NC. The summed E-state index contributed by atoms with van der Waals surface area (Å²) in [4.78, 5) is 1.63. The predicted octanol–water partition coefficient (Wildman–Crippen LogP) is 3.99. The number of benzene rings is 2. The third-order valence-electron chi connectivity index (χ3n) is 5.32. The van der Waals surface area contributed by atoms with Crippen molar-refractivity contribution in [1.29, 1.82) is 0 Å². The molecule has 3 aromatic rings. The molecular formula is C23H29N3O3. The summed E-state index contributed by atoms with van der Waals surface area (Å²) in [5, 5.41) is 35.2. The molecule has 1 atom stereocenters. The van der Waals surface area contributed by atoms with E-state index in [2.05, 4.69) is 22.7 Å². The number of aliphatic hydroxyl groups is 1. The summed E-state index contributed by atoms with van der Waals surface area (Å²) in [5.41, 5.74) is 4.52. The van der Waals surface area contributed by atoms with Crippen LogP contribution in [-0.4, -0.2) is 33.3 Å². The highest BCUT2D eigenvalue weighted by Crippen LogP contribution is 2.38. The molecule has 0 aliphatic carbocycles. The van der Waals surface area contributed by atoms with E-state index in [0.717, 1.165) is 22.2 Å². The van der Waals surface area contributed by atoms with Crippen molar-refractivity contribution in [2.24, 2.45) is 7.05 Å². The fraction of sp³-hybridized carbons (Fsp3) is 0.304. The highest BCUT2D eigenvalue weighted by atomic mass is 16.3. The standard InChI is InChI=1S/C23H29N3O3/c1-13(2)17-10-19(22(28)11-21(17)27)15(4)26(23(29)24-5)16-7-8-20-18(9-16)14(3)12-25(20)6/h7-13,23-24,27-29H,4H2,1-3,5-6H3. The van der Waals surface area contributed by atoms with Crippen LogP contribution in [0, 0.1) is 6.92 Å². The number of fused-ring (bicyclic) bond motifs is 1. The molecular weight excluding hydrogens is 366 g/mol. The van der Waals surface area contributed by atoms with Gasteiger partial charge in [0.15, 0.2) is 6.35 Å². The lowest BCUT2D eigenvalue weighted by molar-refractivity contribution is 0.154. The van der Waals surface area contributed by atoms with Gasteiger partial charge in [0.25, 0.3) is 0 Å². The predicted molar refractivity (Wildman–Crippen MR) is 118 cm³/mol. The van der Waals surface area contributed by atoms with Crippen molar-refractivity contribution >= 4 is 22.3 Å². The zero-order chi connectivity index (χ0) is 21.5. The second-order valence-corrected chi connectivity index (χ2v) is 7.69. The van der Waals surface area contributed by atoms with Crippen LogP contribution in [0.15, 0.2) is 43.1 Å². The lowest BCUT2D eigenvalue weighted by atomic mass is 9.97. The molecule has 29 heavy (non-hydrogen) atoms. The molecule has 2 aromatic carbocycles. The van der Waals surface area contributed by atoms with Crippen LogP contribution < -0.4 is 10.2 Å². The average molecular weight is 396 g/mol. The second kappa shape index (κ2) is 7.81. The largest absolute Gasteiger partial charge is 0.508 e. The summed E-state index contributed by atoms with van der Waals surface area (Å²) >= 11 is 0. The molecule has 6 heteroatoms. The third-order valence-corrected chi connectivity index (χ3v) is 5.32. The highest BCUT2D eigenvalue weighted by molar-refractivity contribution is 5.90. The third kappa shape index (κ3) is 3.69. The van der Waals surface area contributed by atoms with Gasteiger partial charge in [-0.25, -0.2) is 0 Å². The molecule has 0 aliphatic rings. The maximum atomic E-state index is 10.7. The molecule has 4 N–H and O–H groups in total. The number of nitrogens with one attached hydrogen (secondary N) is 1. The van der Waals surface area contributed by atoms with Crippen LogP contribution in [0.3, 0.4) is 0 Å². The lowest BCUT2D eigenvalue weighted by Crippen LogP contribution is -2.42. The molecule has 154 valence electrons. The highest BCUT2D eigenvalue weighted by Gasteiger charge is 2.23. The molecule has 1 heterocycles. The fourth-order valence-electron chi connectivity index (χ4n) is 3.72. The number of nitrogens with zero attached hydrogens (tertiary/aromatic N) is 2. The van der Waals surface area contributed by atoms with Gasteiger partial charge in [-0.1, -0.05) is 20.4 Å². The Labute approximate surface area is 171 Å². The van der Waals surface area contributed by atoms with E-state index in [9.17, 15) is 15.3 Å². The first-order valence-corrected chi connectivity index (χ1v) is 9.61. The van der Waals surface area contributed by atoms with Gasteiger partial charge in [-0.15, -0.1) is 0 Å². The number of anilines is 1. The summed E-state index contributed by atoms with van der Waals surface area (Å²) in [6.45, 7) is 10.1. The molecule has 0 radical (unpaired) electrons. The van der Waals surface area contributed by atoms with Gasteiger partial charge in [0.1, 0.15) is 11.5 Å². The number of phenols is 2. The van der Waals surface area contributed by atoms with Crippen LogP contribution >= 0.6 is 0 Å². The molecule has 0 bridgehead atoms. The van der Waals surface area contributed by atoms with Crippen LogP contribution in [-0.2, 0) is 7.05 Å². The molecule has 0 spiro atoms. The number of aromatic nitrogens is 1. The van der Waals surface area contributed by atoms with E-state index in [1.807, 2.05) is 46.0 Å². The van der Waals surface area contributed by atoms with E-state index in [4.69, 9.17) is 0 Å². The quantitative estimate of drug-likeness (QED) is 0.475. The van der Waals surface area contributed by atoms with Gasteiger partial charge in [-0.3, -0.25) is 5.32 Å². The Morgan fingerprint density at radius 2 is 1.83 bits per heavy atom. The zero-order valence-electron chi connectivity index (χ0n) is 17.6. The van der Waals surface area contributed by atoms with Crippen LogP contribution in [0.1, 0.15) is 36.5 Å². The van der Waals surface area contributed by atoms with E-state index in [0.29, 0.717) is 16.8 Å². The summed E-state index contributed by atoms with van der Waals surface area (Å²) in [5.74, 6) is 0.00594. The normalized spacial score (nSPS) is 12.5. The Morgan fingerprint density at radius 3 is 2.45 bits per heavy atom. The van der Waals surface area contributed by atoms with Crippen molar-refractivity contribution in [3.05, 3.63) is 59.8 Å². The van der Waals surface area contributed by atoms with E-state index in [-0.39, 0.29) is 17.4 Å². The van der Waals surface area contributed by atoms with Gasteiger partial charge < -0.3 is 24.8 Å². The molecule has 0 saturated heterocycles. The van der Waals surface area contributed by atoms with Gasteiger partial charge >= 0.3 is 0 Å². The molecule has 1 unspecified atom stereocenters. The molecule has 0 amide bonds. The van der Waals surface area contributed by atoms with Gasteiger partial charge in [0.2, 0.25) is 0 Å². The fourth-order valence-corrected chi connectivity index (χ4v) is 3.72. The number of hydrogen-bond donors (Lipinski definition) is 4. The van der Waals surface area contributed by atoms with Gasteiger partial charge in [-0.05, 0) is 55.3 Å². The van der Waals surface area contributed by atoms with Gasteiger partial charge in [0, 0.05) is 47.2 Å². The minimum absolute atomic E-state index is 0.0381. The second-order valence-electron chi connectivity index (χ2n) is 7.69. The van der Waals surface area contributed by atoms with E-state index in [1.54, 1.807) is 18.0 Å². The summed E-state index contributed by atoms with van der Waals surface area (Å²) in [6, 6.07) is 8.95. The first kappa shape index (κ1) is 20.8. The molecule has 6 nitrogen and oxygen atoms in total. The molecule has 0 aliphatic heterocycles. The first-order chi connectivity index (χ1) is 13.6. The van der Waals surface area contributed by atoms with Crippen molar-refractivity contribution in [2.45, 2.75) is 33.0 Å². The number of aromatic hydroxyl groups is 2. The van der Waals surface area contributed by atoms with E-state index >= 15 is 0 Å². The maximum absolute atomic E-state index is 10.7. The Morgan fingerprint density at radius 1 is 1.14 bits per heavy atom. The van der Waals surface area contributed by atoms with Crippen LogP contribution in [0.25, 0.3) is 16.6 Å².